The Hall–Kier alpha value is -1.66. The molecule has 0 spiro atoms. The summed E-state index contributed by atoms with van der Waals surface area (Å²) in [4.78, 5) is 24.5. The van der Waals surface area contributed by atoms with Crippen LogP contribution >= 0.6 is 0 Å². The number of hydrogen-bond donors (Lipinski definition) is 3. The molecular formula is C68H131NO5. The van der Waals surface area contributed by atoms with Crippen LogP contribution in [0.1, 0.15) is 373 Å². The van der Waals surface area contributed by atoms with E-state index in [0.29, 0.717) is 19.4 Å². The van der Waals surface area contributed by atoms with Gasteiger partial charge < -0.3 is 20.3 Å². The lowest BCUT2D eigenvalue weighted by Crippen LogP contribution is -2.45. The summed E-state index contributed by atoms with van der Waals surface area (Å²) in [6.45, 7) is 4.92. The van der Waals surface area contributed by atoms with E-state index in [4.69, 9.17) is 4.74 Å². The molecule has 0 aliphatic heterocycles. The smallest absolute Gasteiger partial charge is 0.305 e. The van der Waals surface area contributed by atoms with Gasteiger partial charge in [0, 0.05) is 12.8 Å². The molecule has 3 N–H and O–H groups in total. The van der Waals surface area contributed by atoms with Gasteiger partial charge in [-0.25, -0.2) is 0 Å². The van der Waals surface area contributed by atoms with Gasteiger partial charge in [-0.3, -0.25) is 9.59 Å². The second-order valence-electron chi connectivity index (χ2n) is 23.2. The monoisotopic (exact) mass is 1040 g/mol. The van der Waals surface area contributed by atoms with Crippen molar-refractivity contribution in [3.63, 3.8) is 0 Å². The fourth-order valence-electron chi connectivity index (χ4n) is 10.6. The Balaban J connectivity index is 3.35. The standard InChI is InChI=1S/C68H131NO5/c1-3-5-7-9-11-13-15-37-41-44-48-52-56-60-66(71)65(64-70)69-67(72)61-57-53-49-45-42-38-35-33-31-29-27-25-23-21-19-17-16-18-20-22-24-26-28-30-32-34-36-39-43-47-51-55-59-63-74-68(73)62-58-54-50-46-40-14-12-10-8-6-4-2/h20,22,56,60,65-66,70-71H,3-19,21,23-55,57-59,61-64H2,1-2H3,(H,69,72)/b22-20-,60-56+. The number of esters is 1. The largest absolute Gasteiger partial charge is 0.466 e. The molecule has 2 unspecified atom stereocenters. The van der Waals surface area contributed by atoms with Gasteiger partial charge in [0.1, 0.15) is 0 Å². The molecule has 6 heteroatoms. The molecular weight excluding hydrogens is 911 g/mol. The summed E-state index contributed by atoms with van der Waals surface area (Å²) in [5.74, 6) is -0.0451. The van der Waals surface area contributed by atoms with Crippen molar-refractivity contribution in [2.45, 2.75) is 386 Å². The predicted octanol–water partition coefficient (Wildman–Crippen LogP) is 21.4. The molecule has 74 heavy (non-hydrogen) atoms. The first-order chi connectivity index (χ1) is 36.5. The average molecular weight is 1040 g/mol. The molecule has 0 aliphatic carbocycles. The van der Waals surface area contributed by atoms with Crippen molar-refractivity contribution in [2.24, 2.45) is 0 Å². The van der Waals surface area contributed by atoms with Crippen molar-refractivity contribution in [1.29, 1.82) is 0 Å². The maximum Gasteiger partial charge on any atom is 0.305 e. The first-order valence-electron chi connectivity index (χ1n) is 33.6. The van der Waals surface area contributed by atoms with E-state index in [1.54, 1.807) is 6.08 Å². The quantitative estimate of drug-likeness (QED) is 0.0320. The van der Waals surface area contributed by atoms with Gasteiger partial charge in [-0.15, -0.1) is 0 Å². The number of rotatable bonds is 63. The van der Waals surface area contributed by atoms with Crippen LogP contribution in [0.25, 0.3) is 0 Å². The number of allylic oxidation sites excluding steroid dienone is 3. The van der Waals surface area contributed by atoms with E-state index in [1.165, 1.54) is 308 Å². The molecule has 0 saturated heterocycles. The number of aliphatic hydroxyl groups is 2. The molecule has 0 fully saturated rings. The fraction of sp³-hybridized carbons (Fsp3) is 0.912. The van der Waals surface area contributed by atoms with Crippen molar-refractivity contribution in [3.8, 4) is 0 Å². The van der Waals surface area contributed by atoms with E-state index in [2.05, 4.69) is 31.3 Å². The number of nitrogens with one attached hydrogen (secondary N) is 1. The summed E-state index contributed by atoms with van der Waals surface area (Å²) < 4.78 is 5.47. The molecule has 0 aliphatic rings. The normalized spacial score (nSPS) is 12.6. The summed E-state index contributed by atoms with van der Waals surface area (Å²) in [6, 6.07) is -0.624. The summed E-state index contributed by atoms with van der Waals surface area (Å²) in [5.41, 5.74) is 0. The first kappa shape index (κ1) is 72.3. The van der Waals surface area contributed by atoms with Crippen LogP contribution in [0, 0.1) is 0 Å². The minimum Gasteiger partial charge on any atom is -0.466 e. The minimum absolute atomic E-state index is 0.0184. The lowest BCUT2D eigenvalue weighted by Gasteiger charge is -2.20. The maximum atomic E-state index is 12.5. The van der Waals surface area contributed by atoms with E-state index in [1.807, 2.05) is 6.08 Å². The molecule has 0 rings (SSSR count). The van der Waals surface area contributed by atoms with E-state index < -0.39 is 12.1 Å². The predicted molar refractivity (Wildman–Crippen MR) is 324 cm³/mol. The summed E-state index contributed by atoms with van der Waals surface area (Å²) in [5, 5.41) is 23.1. The Morgan fingerprint density at radius 3 is 0.959 bits per heavy atom. The third-order valence-electron chi connectivity index (χ3n) is 15.7. The van der Waals surface area contributed by atoms with Crippen LogP contribution in [0.5, 0.6) is 0 Å². The van der Waals surface area contributed by atoms with Gasteiger partial charge in [0.2, 0.25) is 5.91 Å². The van der Waals surface area contributed by atoms with E-state index >= 15 is 0 Å². The first-order valence-corrected chi connectivity index (χ1v) is 33.6. The zero-order valence-electron chi connectivity index (χ0n) is 50.1. The van der Waals surface area contributed by atoms with E-state index in [-0.39, 0.29) is 18.5 Å². The number of unbranched alkanes of at least 4 members (excludes halogenated alkanes) is 50. The van der Waals surface area contributed by atoms with Crippen LogP contribution in [0.15, 0.2) is 24.3 Å². The molecule has 1 amide bonds. The molecule has 0 aromatic heterocycles. The maximum absolute atomic E-state index is 12.5. The number of carbonyl (C=O) groups is 2. The zero-order valence-corrected chi connectivity index (χ0v) is 50.1. The van der Waals surface area contributed by atoms with Crippen LogP contribution in [0.3, 0.4) is 0 Å². The number of hydrogen-bond acceptors (Lipinski definition) is 5. The SMILES string of the molecule is CCCCCCCCCCCCC/C=C/C(O)C(CO)NC(=O)CCCCCCCCCCCCCCCCCCC/C=C\CCCCCCCCCCCCCCOC(=O)CCCCCCCCCCCCC. The summed E-state index contributed by atoms with van der Waals surface area (Å²) in [7, 11) is 0. The highest BCUT2D eigenvalue weighted by Crippen LogP contribution is 2.18. The van der Waals surface area contributed by atoms with Crippen molar-refractivity contribution in [2.75, 3.05) is 13.2 Å². The molecule has 0 radical (unpaired) electrons. The molecule has 2 atom stereocenters. The Kier molecular flexibility index (Phi) is 62.4. The molecule has 6 nitrogen and oxygen atoms in total. The lowest BCUT2D eigenvalue weighted by molar-refractivity contribution is -0.143. The highest BCUT2D eigenvalue weighted by atomic mass is 16.5. The topological polar surface area (TPSA) is 95.9 Å². The molecule has 0 aromatic rings. The second-order valence-corrected chi connectivity index (χ2v) is 23.2. The van der Waals surface area contributed by atoms with Crippen molar-refractivity contribution >= 4 is 11.9 Å². The van der Waals surface area contributed by atoms with Crippen molar-refractivity contribution in [1.82, 2.24) is 5.32 Å². The fourth-order valence-corrected chi connectivity index (χ4v) is 10.6. The summed E-state index contributed by atoms with van der Waals surface area (Å²) in [6.07, 6.45) is 79.7. The highest BCUT2D eigenvalue weighted by Gasteiger charge is 2.18. The van der Waals surface area contributed by atoms with Crippen LogP contribution in [-0.4, -0.2) is 47.4 Å². The van der Waals surface area contributed by atoms with E-state index in [0.717, 1.165) is 38.5 Å². The van der Waals surface area contributed by atoms with Crippen molar-refractivity contribution < 1.29 is 24.5 Å². The number of amides is 1. The van der Waals surface area contributed by atoms with Crippen LogP contribution < -0.4 is 5.32 Å². The summed E-state index contributed by atoms with van der Waals surface area (Å²) >= 11 is 0. The third-order valence-corrected chi connectivity index (χ3v) is 15.7. The van der Waals surface area contributed by atoms with Gasteiger partial charge in [-0.05, 0) is 57.8 Å². The van der Waals surface area contributed by atoms with Gasteiger partial charge in [-0.1, -0.05) is 327 Å². The van der Waals surface area contributed by atoms with Crippen LogP contribution in [-0.2, 0) is 14.3 Å². The Labute approximate surface area is 462 Å². The van der Waals surface area contributed by atoms with Gasteiger partial charge in [0.05, 0.1) is 25.4 Å². The van der Waals surface area contributed by atoms with Crippen LogP contribution in [0.4, 0.5) is 0 Å². The highest BCUT2D eigenvalue weighted by molar-refractivity contribution is 5.76. The Morgan fingerprint density at radius 2 is 0.635 bits per heavy atom. The second kappa shape index (κ2) is 63.9. The molecule has 0 heterocycles. The minimum atomic E-state index is -0.841. The van der Waals surface area contributed by atoms with Gasteiger partial charge in [0.15, 0.2) is 0 Å². The molecule has 0 saturated carbocycles. The third kappa shape index (κ3) is 59.6. The number of aliphatic hydroxyl groups excluding tert-OH is 2. The Bertz CT molecular complexity index is 1150. The van der Waals surface area contributed by atoms with Gasteiger partial charge >= 0.3 is 5.97 Å². The Morgan fingerprint density at radius 1 is 0.365 bits per heavy atom. The van der Waals surface area contributed by atoms with E-state index in [9.17, 15) is 19.8 Å². The average Bonchev–Trinajstić information content (AvgIpc) is 3.40. The zero-order chi connectivity index (χ0) is 53.6. The number of ether oxygens (including phenoxy) is 1. The number of carbonyl (C=O) groups excluding carboxylic acids is 2. The van der Waals surface area contributed by atoms with Crippen molar-refractivity contribution in [3.05, 3.63) is 24.3 Å². The lowest BCUT2D eigenvalue weighted by atomic mass is 10.0. The van der Waals surface area contributed by atoms with Gasteiger partial charge in [0.25, 0.3) is 0 Å². The molecule has 0 bridgehead atoms. The van der Waals surface area contributed by atoms with Crippen LogP contribution in [0.2, 0.25) is 0 Å². The van der Waals surface area contributed by atoms with Gasteiger partial charge in [-0.2, -0.15) is 0 Å². The molecule has 438 valence electrons. The molecule has 0 aromatic carbocycles.